The number of rotatable bonds is 8. The monoisotopic (exact) mass is 488 g/mol. The van der Waals surface area contributed by atoms with Crippen molar-refractivity contribution in [3.8, 4) is 17.0 Å². The van der Waals surface area contributed by atoms with Crippen molar-refractivity contribution in [1.82, 2.24) is 23.8 Å². The van der Waals surface area contributed by atoms with Gasteiger partial charge in [0.2, 0.25) is 5.91 Å². The van der Waals surface area contributed by atoms with Gasteiger partial charge >= 0.3 is 5.69 Å². The highest BCUT2D eigenvalue weighted by Crippen LogP contribution is 2.24. The molecule has 1 N–H and O–H groups in total. The molecule has 3 aromatic heterocycles. The van der Waals surface area contributed by atoms with E-state index in [4.69, 9.17) is 4.74 Å². The van der Waals surface area contributed by atoms with Crippen LogP contribution in [0.4, 0.5) is 10.1 Å². The number of carbonyl (C=O) groups is 1. The largest absolute Gasteiger partial charge is 0.494 e. The van der Waals surface area contributed by atoms with E-state index < -0.39 is 11.6 Å². The minimum atomic E-state index is -0.449. The van der Waals surface area contributed by atoms with Crippen molar-refractivity contribution >= 4 is 22.8 Å². The second kappa shape index (κ2) is 9.65. The van der Waals surface area contributed by atoms with Crippen LogP contribution in [0.1, 0.15) is 25.3 Å². The SMILES string of the molecule is CCCCOc1ccc(-c2cc3c4nn(CC(=O)Nc5ccc(F)cc5C)c(=O)n4ccn3n2)cc1. The van der Waals surface area contributed by atoms with Crippen molar-refractivity contribution in [3.05, 3.63) is 82.8 Å². The summed E-state index contributed by atoms with van der Waals surface area (Å²) in [7, 11) is 0. The predicted molar refractivity (Wildman–Crippen MR) is 134 cm³/mol. The van der Waals surface area contributed by atoms with Gasteiger partial charge in [0.15, 0.2) is 5.65 Å². The van der Waals surface area contributed by atoms with E-state index in [9.17, 15) is 14.0 Å². The van der Waals surface area contributed by atoms with Crippen molar-refractivity contribution in [2.24, 2.45) is 0 Å². The standard InChI is InChI=1S/C26H25FN6O3/c1-3-4-13-36-20-8-5-18(6-9-20)22-15-23-25-30-33(26(35)31(25)11-12-32(23)29-22)16-24(34)28-21-10-7-19(27)14-17(21)2/h5-12,14-15H,3-4,13,16H2,1-2H3,(H,28,34). The molecule has 3 heterocycles. The van der Waals surface area contributed by atoms with Crippen molar-refractivity contribution in [3.63, 3.8) is 0 Å². The number of aromatic nitrogens is 5. The minimum absolute atomic E-state index is 0.288. The highest BCUT2D eigenvalue weighted by molar-refractivity contribution is 5.91. The summed E-state index contributed by atoms with van der Waals surface area (Å²) in [5.41, 5.74) is 3.23. The zero-order valence-corrected chi connectivity index (χ0v) is 19.9. The molecule has 0 aliphatic heterocycles. The molecule has 0 bridgehead atoms. The lowest BCUT2D eigenvalue weighted by Gasteiger charge is -2.07. The molecule has 0 aliphatic carbocycles. The van der Waals surface area contributed by atoms with E-state index in [1.165, 1.54) is 22.6 Å². The molecule has 10 heteroatoms. The van der Waals surface area contributed by atoms with Gasteiger partial charge in [-0.15, -0.1) is 5.10 Å². The van der Waals surface area contributed by atoms with Gasteiger partial charge in [-0.25, -0.2) is 22.8 Å². The van der Waals surface area contributed by atoms with Gasteiger partial charge in [0.25, 0.3) is 0 Å². The third kappa shape index (κ3) is 4.57. The molecule has 0 saturated carbocycles. The number of hydrogen-bond acceptors (Lipinski definition) is 5. The average molecular weight is 489 g/mol. The number of carbonyl (C=O) groups excluding carboxylic acids is 1. The number of amides is 1. The summed E-state index contributed by atoms with van der Waals surface area (Å²) < 4.78 is 23.2. The van der Waals surface area contributed by atoms with Crippen molar-refractivity contribution < 1.29 is 13.9 Å². The number of halogens is 1. The molecular weight excluding hydrogens is 463 g/mol. The minimum Gasteiger partial charge on any atom is -0.494 e. The highest BCUT2D eigenvalue weighted by atomic mass is 19.1. The maximum absolute atomic E-state index is 13.3. The van der Waals surface area contributed by atoms with Gasteiger partial charge in [0.1, 0.15) is 23.6 Å². The predicted octanol–water partition coefficient (Wildman–Crippen LogP) is 4.08. The van der Waals surface area contributed by atoms with E-state index in [0.29, 0.717) is 29.0 Å². The van der Waals surface area contributed by atoms with Crippen LogP contribution in [0.2, 0.25) is 0 Å². The van der Waals surface area contributed by atoms with Gasteiger partial charge in [0, 0.05) is 23.6 Å². The lowest BCUT2D eigenvalue weighted by molar-refractivity contribution is -0.117. The van der Waals surface area contributed by atoms with Crippen LogP contribution in [0.5, 0.6) is 5.75 Å². The Hall–Kier alpha value is -4.47. The summed E-state index contributed by atoms with van der Waals surface area (Å²) >= 11 is 0. The lowest BCUT2D eigenvalue weighted by Crippen LogP contribution is -2.28. The number of aryl methyl sites for hydroxylation is 1. The molecule has 5 rings (SSSR count). The van der Waals surface area contributed by atoms with E-state index in [1.807, 2.05) is 30.3 Å². The summed E-state index contributed by atoms with van der Waals surface area (Å²) in [6, 6.07) is 13.6. The van der Waals surface area contributed by atoms with Gasteiger partial charge in [-0.3, -0.25) is 4.79 Å². The second-order valence-electron chi connectivity index (χ2n) is 8.53. The van der Waals surface area contributed by atoms with Crippen LogP contribution in [0.3, 0.4) is 0 Å². The Labute approximate surface area is 205 Å². The molecule has 0 radical (unpaired) electrons. The molecule has 2 aromatic carbocycles. The zero-order valence-electron chi connectivity index (χ0n) is 19.9. The Bertz CT molecular complexity index is 1620. The molecule has 1 amide bonds. The Morgan fingerprint density at radius 3 is 2.64 bits per heavy atom. The van der Waals surface area contributed by atoms with Crippen LogP contribution >= 0.6 is 0 Å². The Morgan fingerprint density at radius 1 is 1.08 bits per heavy atom. The molecule has 0 saturated heterocycles. The molecule has 0 spiro atoms. The summed E-state index contributed by atoms with van der Waals surface area (Å²) in [4.78, 5) is 25.5. The fourth-order valence-electron chi connectivity index (χ4n) is 3.93. The quantitative estimate of drug-likeness (QED) is 0.332. The summed E-state index contributed by atoms with van der Waals surface area (Å²) in [5, 5.41) is 11.7. The van der Waals surface area contributed by atoms with Crippen molar-refractivity contribution in [1.29, 1.82) is 0 Å². The summed E-state index contributed by atoms with van der Waals surface area (Å²) in [5.74, 6) is -0.0260. The molecule has 0 atom stereocenters. The number of hydrogen-bond donors (Lipinski definition) is 1. The molecule has 5 aromatic rings. The molecule has 184 valence electrons. The number of nitrogens with one attached hydrogen (secondary N) is 1. The topological polar surface area (TPSA) is 94.9 Å². The number of ether oxygens (including phenoxy) is 1. The van der Waals surface area contributed by atoms with E-state index >= 15 is 0 Å². The van der Waals surface area contributed by atoms with Gasteiger partial charge < -0.3 is 10.1 Å². The highest BCUT2D eigenvalue weighted by Gasteiger charge is 2.16. The van der Waals surface area contributed by atoms with E-state index in [-0.39, 0.29) is 12.4 Å². The fourth-order valence-corrected chi connectivity index (χ4v) is 3.93. The second-order valence-corrected chi connectivity index (χ2v) is 8.53. The molecule has 0 fully saturated rings. The lowest BCUT2D eigenvalue weighted by atomic mass is 10.1. The molecule has 36 heavy (non-hydrogen) atoms. The third-order valence-corrected chi connectivity index (χ3v) is 5.86. The van der Waals surface area contributed by atoms with Gasteiger partial charge in [-0.1, -0.05) is 13.3 Å². The van der Waals surface area contributed by atoms with Crippen LogP contribution in [0.15, 0.2) is 65.7 Å². The zero-order chi connectivity index (χ0) is 25.2. The third-order valence-electron chi connectivity index (χ3n) is 5.86. The number of fused-ring (bicyclic) bond motifs is 3. The Balaban J connectivity index is 1.40. The van der Waals surface area contributed by atoms with Gasteiger partial charge in [0.05, 0.1) is 12.3 Å². The smallest absolute Gasteiger partial charge is 0.350 e. The average Bonchev–Trinajstić information content (AvgIpc) is 3.43. The first-order valence-corrected chi connectivity index (χ1v) is 11.7. The van der Waals surface area contributed by atoms with Gasteiger partial charge in [-0.05, 0) is 67.4 Å². The maximum atomic E-state index is 13.3. The Kier molecular flexibility index (Phi) is 6.24. The van der Waals surface area contributed by atoms with Crippen LogP contribution in [0, 0.1) is 12.7 Å². The normalized spacial score (nSPS) is 11.3. The first-order chi connectivity index (χ1) is 17.4. The van der Waals surface area contributed by atoms with Crippen LogP contribution in [0.25, 0.3) is 22.4 Å². The van der Waals surface area contributed by atoms with Crippen molar-refractivity contribution in [2.75, 3.05) is 11.9 Å². The molecular formula is C26H25FN6O3. The number of benzene rings is 2. The first-order valence-electron chi connectivity index (χ1n) is 11.7. The van der Waals surface area contributed by atoms with Crippen molar-refractivity contribution in [2.45, 2.75) is 33.2 Å². The number of anilines is 1. The maximum Gasteiger partial charge on any atom is 0.350 e. The number of nitrogens with zero attached hydrogens (tertiary/aromatic N) is 5. The number of unbranched alkanes of at least 4 members (excludes halogenated alkanes) is 1. The summed E-state index contributed by atoms with van der Waals surface area (Å²) in [6.45, 7) is 4.20. The first kappa shape index (κ1) is 23.3. The van der Waals surface area contributed by atoms with Crippen LogP contribution in [-0.2, 0) is 11.3 Å². The Morgan fingerprint density at radius 2 is 1.89 bits per heavy atom. The van der Waals surface area contributed by atoms with Crippen LogP contribution in [-0.4, -0.2) is 36.3 Å². The molecule has 0 aliphatic rings. The summed E-state index contributed by atoms with van der Waals surface area (Å²) in [6.07, 6.45) is 5.32. The van der Waals surface area contributed by atoms with E-state index in [2.05, 4.69) is 22.4 Å². The van der Waals surface area contributed by atoms with Gasteiger partial charge in [-0.2, -0.15) is 5.10 Å². The van der Waals surface area contributed by atoms with Crippen LogP contribution < -0.4 is 15.7 Å². The van der Waals surface area contributed by atoms with E-state index in [0.717, 1.165) is 34.5 Å². The van der Waals surface area contributed by atoms with E-state index in [1.54, 1.807) is 23.8 Å². The fraction of sp³-hybridized carbons (Fsp3) is 0.231. The molecule has 0 unspecified atom stereocenters. The molecule has 9 nitrogen and oxygen atoms in total.